The zero-order valence-electron chi connectivity index (χ0n) is 10.5. The van der Waals surface area contributed by atoms with Crippen molar-refractivity contribution in [2.24, 2.45) is 0 Å². The second-order valence-electron chi connectivity index (χ2n) is 4.28. The third kappa shape index (κ3) is 2.56. The van der Waals surface area contributed by atoms with Crippen molar-refractivity contribution in [3.63, 3.8) is 0 Å². The number of benzene rings is 1. The lowest BCUT2D eigenvalue weighted by Crippen LogP contribution is -2.23. The molecule has 1 atom stereocenters. The van der Waals surface area contributed by atoms with Crippen LogP contribution in [0.25, 0.3) is 0 Å². The first-order valence-corrected chi connectivity index (χ1v) is 5.88. The van der Waals surface area contributed by atoms with E-state index in [1.807, 2.05) is 12.1 Å². The van der Waals surface area contributed by atoms with Gasteiger partial charge in [0.2, 0.25) is 0 Å². The van der Waals surface area contributed by atoms with Crippen LogP contribution < -0.4 is 4.74 Å². The SMILES string of the molecule is COc1ccc(C(C)O)cc1CN1CCOC1=O. The molecule has 0 bridgehead atoms. The smallest absolute Gasteiger partial charge is 0.410 e. The topological polar surface area (TPSA) is 59.0 Å². The average molecular weight is 251 g/mol. The third-order valence-electron chi connectivity index (χ3n) is 2.99. The molecule has 1 unspecified atom stereocenters. The van der Waals surface area contributed by atoms with Crippen LogP contribution in [-0.2, 0) is 11.3 Å². The Hall–Kier alpha value is -1.75. The number of cyclic esters (lactones) is 1. The Morgan fingerprint density at radius 1 is 1.56 bits per heavy atom. The van der Waals surface area contributed by atoms with Gasteiger partial charge in [-0.15, -0.1) is 0 Å². The molecule has 18 heavy (non-hydrogen) atoms. The summed E-state index contributed by atoms with van der Waals surface area (Å²) in [5.41, 5.74) is 1.67. The molecule has 98 valence electrons. The Balaban J connectivity index is 2.23. The molecule has 0 aliphatic carbocycles. The number of carbonyl (C=O) groups excluding carboxylic acids is 1. The number of carbonyl (C=O) groups is 1. The Morgan fingerprint density at radius 3 is 2.89 bits per heavy atom. The molecule has 2 rings (SSSR count). The number of hydrogen-bond acceptors (Lipinski definition) is 4. The van der Waals surface area contributed by atoms with Crippen molar-refractivity contribution in [1.82, 2.24) is 4.90 Å². The number of nitrogens with zero attached hydrogens (tertiary/aromatic N) is 1. The molecule has 1 fully saturated rings. The van der Waals surface area contributed by atoms with E-state index in [9.17, 15) is 9.90 Å². The predicted octanol–water partition coefficient (Wildman–Crippen LogP) is 1.70. The minimum Gasteiger partial charge on any atom is -0.496 e. The van der Waals surface area contributed by atoms with Crippen molar-refractivity contribution in [2.75, 3.05) is 20.3 Å². The van der Waals surface area contributed by atoms with Gasteiger partial charge in [0.25, 0.3) is 0 Å². The Bertz CT molecular complexity index is 445. The lowest BCUT2D eigenvalue weighted by atomic mass is 10.1. The molecular weight excluding hydrogens is 234 g/mol. The number of rotatable bonds is 4. The molecule has 1 aliphatic heterocycles. The highest BCUT2D eigenvalue weighted by Gasteiger charge is 2.23. The number of methoxy groups -OCH3 is 1. The second-order valence-corrected chi connectivity index (χ2v) is 4.28. The Labute approximate surface area is 106 Å². The van der Waals surface area contributed by atoms with Gasteiger partial charge in [-0.1, -0.05) is 6.07 Å². The predicted molar refractivity (Wildman–Crippen MR) is 65.4 cm³/mol. The van der Waals surface area contributed by atoms with E-state index in [2.05, 4.69) is 0 Å². The largest absolute Gasteiger partial charge is 0.496 e. The molecule has 0 saturated carbocycles. The van der Waals surface area contributed by atoms with Crippen LogP contribution in [0.3, 0.4) is 0 Å². The molecule has 5 nitrogen and oxygen atoms in total. The first kappa shape index (κ1) is 12.7. The highest BCUT2D eigenvalue weighted by Crippen LogP contribution is 2.25. The number of aliphatic hydroxyl groups excluding tert-OH is 1. The van der Waals surface area contributed by atoms with Gasteiger partial charge in [0.05, 0.1) is 26.3 Å². The number of hydrogen-bond donors (Lipinski definition) is 1. The van der Waals surface area contributed by atoms with Crippen LogP contribution >= 0.6 is 0 Å². The fraction of sp³-hybridized carbons (Fsp3) is 0.462. The van der Waals surface area contributed by atoms with Crippen molar-refractivity contribution in [2.45, 2.75) is 19.6 Å². The number of aliphatic hydroxyl groups is 1. The second kappa shape index (κ2) is 5.27. The molecule has 1 heterocycles. The molecule has 5 heteroatoms. The minimum absolute atomic E-state index is 0.306. The molecule has 1 aromatic rings. The number of amides is 1. The fourth-order valence-corrected chi connectivity index (χ4v) is 1.96. The van der Waals surface area contributed by atoms with E-state index in [0.29, 0.717) is 25.4 Å². The van der Waals surface area contributed by atoms with Gasteiger partial charge in [0, 0.05) is 5.56 Å². The van der Waals surface area contributed by atoms with Gasteiger partial charge < -0.3 is 19.5 Å². The van der Waals surface area contributed by atoms with Crippen LogP contribution in [0.5, 0.6) is 5.75 Å². The van der Waals surface area contributed by atoms with Crippen molar-refractivity contribution >= 4 is 6.09 Å². The van der Waals surface area contributed by atoms with E-state index >= 15 is 0 Å². The molecule has 0 aromatic heterocycles. The fourth-order valence-electron chi connectivity index (χ4n) is 1.96. The number of ether oxygens (including phenoxy) is 2. The zero-order valence-corrected chi connectivity index (χ0v) is 10.5. The van der Waals surface area contributed by atoms with Crippen LogP contribution in [-0.4, -0.2) is 36.4 Å². The molecule has 1 N–H and O–H groups in total. The molecule has 1 aromatic carbocycles. The Morgan fingerprint density at radius 2 is 2.33 bits per heavy atom. The summed E-state index contributed by atoms with van der Waals surface area (Å²) in [5.74, 6) is 0.708. The van der Waals surface area contributed by atoms with E-state index in [4.69, 9.17) is 9.47 Å². The van der Waals surface area contributed by atoms with Gasteiger partial charge in [-0.2, -0.15) is 0 Å². The summed E-state index contributed by atoms with van der Waals surface area (Å²) < 4.78 is 10.2. The van der Waals surface area contributed by atoms with E-state index in [-0.39, 0.29) is 6.09 Å². The monoisotopic (exact) mass is 251 g/mol. The maximum atomic E-state index is 11.4. The van der Waals surface area contributed by atoms with Crippen LogP contribution in [0.15, 0.2) is 18.2 Å². The lowest BCUT2D eigenvalue weighted by Gasteiger charge is -2.17. The van der Waals surface area contributed by atoms with E-state index in [0.717, 1.165) is 11.1 Å². The summed E-state index contributed by atoms with van der Waals surface area (Å²) in [6, 6.07) is 5.48. The summed E-state index contributed by atoms with van der Waals surface area (Å²) in [5, 5.41) is 9.58. The highest BCUT2D eigenvalue weighted by molar-refractivity contribution is 5.69. The summed E-state index contributed by atoms with van der Waals surface area (Å²) in [6.45, 7) is 3.15. The van der Waals surface area contributed by atoms with E-state index in [1.165, 1.54) is 0 Å². The molecule has 1 saturated heterocycles. The maximum Gasteiger partial charge on any atom is 0.410 e. The average Bonchev–Trinajstić information content (AvgIpc) is 2.75. The van der Waals surface area contributed by atoms with Gasteiger partial charge in [0.15, 0.2) is 0 Å². The normalized spacial score (nSPS) is 16.6. The highest BCUT2D eigenvalue weighted by atomic mass is 16.6. The molecular formula is C13H17NO4. The maximum absolute atomic E-state index is 11.4. The molecule has 0 radical (unpaired) electrons. The van der Waals surface area contributed by atoms with Crippen LogP contribution in [0.2, 0.25) is 0 Å². The quantitative estimate of drug-likeness (QED) is 0.884. The van der Waals surface area contributed by atoms with Gasteiger partial charge in [0.1, 0.15) is 12.4 Å². The standard InChI is InChI=1S/C13H17NO4/c1-9(15)10-3-4-12(17-2)11(7-10)8-14-5-6-18-13(14)16/h3-4,7,9,15H,5-6,8H2,1-2H3. The minimum atomic E-state index is -0.541. The summed E-state index contributed by atoms with van der Waals surface area (Å²) in [7, 11) is 1.59. The lowest BCUT2D eigenvalue weighted by molar-refractivity contribution is 0.157. The van der Waals surface area contributed by atoms with Crippen molar-refractivity contribution in [3.8, 4) is 5.75 Å². The van der Waals surface area contributed by atoms with E-state index in [1.54, 1.807) is 25.0 Å². The summed E-state index contributed by atoms with van der Waals surface area (Å²) >= 11 is 0. The van der Waals surface area contributed by atoms with Crippen molar-refractivity contribution in [1.29, 1.82) is 0 Å². The van der Waals surface area contributed by atoms with Gasteiger partial charge in [-0.25, -0.2) is 4.79 Å². The van der Waals surface area contributed by atoms with Gasteiger partial charge in [-0.05, 0) is 24.6 Å². The van der Waals surface area contributed by atoms with Crippen LogP contribution in [0.4, 0.5) is 4.79 Å². The summed E-state index contributed by atoms with van der Waals surface area (Å²) in [4.78, 5) is 13.0. The zero-order chi connectivity index (χ0) is 13.1. The van der Waals surface area contributed by atoms with Gasteiger partial charge >= 0.3 is 6.09 Å². The first-order chi connectivity index (χ1) is 8.61. The Kier molecular flexibility index (Phi) is 3.72. The van der Waals surface area contributed by atoms with Crippen molar-refractivity contribution < 1.29 is 19.4 Å². The molecule has 1 amide bonds. The molecule has 1 aliphatic rings. The van der Waals surface area contributed by atoms with Gasteiger partial charge in [-0.3, -0.25) is 0 Å². The molecule has 0 spiro atoms. The van der Waals surface area contributed by atoms with Crippen molar-refractivity contribution in [3.05, 3.63) is 29.3 Å². The van der Waals surface area contributed by atoms with Crippen LogP contribution in [0, 0.1) is 0 Å². The van der Waals surface area contributed by atoms with E-state index < -0.39 is 6.10 Å². The first-order valence-electron chi connectivity index (χ1n) is 5.88. The summed E-state index contributed by atoms with van der Waals surface area (Å²) in [6.07, 6.45) is -0.848. The van der Waals surface area contributed by atoms with Crippen LogP contribution in [0.1, 0.15) is 24.2 Å². The third-order valence-corrected chi connectivity index (χ3v) is 2.99.